The Morgan fingerprint density at radius 2 is 2.17 bits per heavy atom. The van der Waals surface area contributed by atoms with Gasteiger partial charge >= 0.3 is 0 Å². The van der Waals surface area contributed by atoms with Crippen LogP contribution in [0.1, 0.15) is 59.3 Å². The van der Waals surface area contributed by atoms with Gasteiger partial charge in [0.25, 0.3) is 0 Å². The van der Waals surface area contributed by atoms with Gasteiger partial charge in [-0.25, -0.2) is 0 Å². The minimum absolute atomic E-state index is 0.879. The largest absolute Gasteiger partial charge is 0.0654 e. The summed E-state index contributed by atoms with van der Waals surface area (Å²) in [6, 6.07) is 0. The normalized spacial score (nSPS) is 24.5. The first-order valence-corrected chi connectivity index (χ1v) is 5.58. The van der Waals surface area contributed by atoms with Gasteiger partial charge in [0.15, 0.2) is 0 Å². The van der Waals surface area contributed by atoms with Crippen LogP contribution in [0.25, 0.3) is 0 Å². The van der Waals surface area contributed by atoms with Gasteiger partial charge in [0.05, 0.1) is 0 Å². The predicted octanol–water partition coefficient (Wildman–Crippen LogP) is 4.21. The molecule has 0 spiro atoms. The summed E-state index contributed by atoms with van der Waals surface area (Å²) in [4.78, 5) is 0. The van der Waals surface area contributed by atoms with Crippen LogP contribution in [0.2, 0.25) is 0 Å². The summed E-state index contributed by atoms with van der Waals surface area (Å²) < 4.78 is 0. The average Bonchev–Trinajstić information content (AvgIpc) is 1.99. The SMILES string of the molecule is CCCCC1CC[C]1CC(C)C. The molecule has 0 N–H and O–H groups in total. The molecule has 1 rings (SSSR count). The third-order valence-corrected chi connectivity index (χ3v) is 2.97. The molecule has 12 heavy (non-hydrogen) atoms. The molecule has 1 aliphatic carbocycles. The second-order valence-electron chi connectivity index (χ2n) is 4.63. The molecule has 0 aromatic heterocycles. The molecule has 1 atom stereocenters. The molecular weight excluding hydrogens is 144 g/mol. The van der Waals surface area contributed by atoms with Crippen LogP contribution in [0.3, 0.4) is 0 Å². The summed E-state index contributed by atoms with van der Waals surface area (Å²) in [5, 5.41) is 0. The Hall–Kier alpha value is 0. The zero-order valence-electron chi connectivity index (χ0n) is 8.90. The van der Waals surface area contributed by atoms with Crippen molar-refractivity contribution in [3.63, 3.8) is 0 Å². The first kappa shape index (κ1) is 10.1. The van der Waals surface area contributed by atoms with Crippen LogP contribution in [-0.4, -0.2) is 0 Å². The third-order valence-electron chi connectivity index (χ3n) is 2.97. The van der Waals surface area contributed by atoms with Crippen LogP contribution in [0.15, 0.2) is 0 Å². The molecule has 0 aliphatic heterocycles. The fourth-order valence-electron chi connectivity index (χ4n) is 2.14. The molecule has 0 heterocycles. The Bertz CT molecular complexity index is 115. The molecule has 1 fully saturated rings. The highest BCUT2D eigenvalue weighted by Gasteiger charge is 2.30. The van der Waals surface area contributed by atoms with Crippen molar-refractivity contribution in [3.8, 4) is 0 Å². The smallest absolute Gasteiger partial charge is 0.0207 e. The molecular formula is C12H23. The summed E-state index contributed by atoms with van der Waals surface area (Å²) in [6.07, 6.45) is 8.60. The van der Waals surface area contributed by atoms with Gasteiger partial charge in [0, 0.05) is 0 Å². The van der Waals surface area contributed by atoms with Gasteiger partial charge in [-0.2, -0.15) is 0 Å². The summed E-state index contributed by atoms with van der Waals surface area (Å²) >= 11 is 0. The van der Waals surface area contributed by atoms with Gasteiger partial charge in [-0.3, -0.25) is 0 Å². The third kappa shape index (κ3) is 2.80. The van der Waals surface area contributed by atoms with Crippen LogP contribution in [0.5, 0.6) is 0 Å². The zero-order chi connectivity index (χ0) is 8.97. The molecule has 0 amide bonds. The van der Waals surface area contributed by atoms with E-state index < -0.39 is 0 Å². The molecule has 0 heteroatoms. The van der Waals surface area contributed by atoms with Crippen LogP contribution < -0.4 is 0 Å². The van der Waals surface area contributed by atoms with Crippen LogP contribution in [-0.2, 0) is 0 Å². The second kappa shape index (κ2) is 4.89. The first-order valence-electron chi connectivity index (χ1n) is 5.58. The number of hydrogen-bond donors (Lipinski definition) is 0. The second-order valence-corrected chi connectivity index (χ2v) is 4.63. The van der Waals surface area contributed by atoms with E-state index in [1.54, 1.807) is 0 Å². The summed E-state index contributed by atoms with van der Waals surface area (Å²) in [6.45, 7) is 6.96. The predicted molar refractivity (Wildman–Crippen MR) is 54.9 cm³/mol. The van der Waals surface area contributed by atoms with Crippen molar-refractivity contribution in [2.75, 3.05) is 0 Å². The van der Waals surface area contributed by atoms with Crippen molar-refractivity contribution in [1.82, 2.24) is 0 Å². The number of unbranched alkanes of at least 4 members (excludes halogenated alkanes) is 1. The quantitative estimate of drug-likeness (QED) is 0.575. The molecule has 71 valence electrons. The van der Waals surface area contributed by atoms with Crippen molar-refractivity contribution in [3.05, 3.63) is 5.92 Å². The fraction of sp³-hybridized carbons (Fsp3) is 0.917. The Morgan fingerprint density at radius 3 is 2.58 bits per heavy atom. The van der Waals surface area contributed by atoms with Gasteiger partial charge in [0.2, 0.25) is 0 Å². The Morgan fingerprint density at radius 1 is 1.42 bits per heavy atom. The maximum absolute atomic E-state index is 2.34. The van der Waals surface area contributed by atoms with Crippen molar-refractivity contribution in [2.24, 2.45) is 11.8 Å². The lowest BCUT2D eigenvalue weighted by Crippen LogP contribution is -2.24. The molecule has 0 aromatic rings. The van der Waals surface area contributed by atoms with Crippen molar-refractivity contribution < 1.29 is 0 Å². The van der Waals surface area contributed by atoms with Crippen molar-refractivity contribution in [2.45, 2.75) is 59.3 Å². The molecule has 0 bridgehead atoms. The van der Waals surface area contributed by atoms with Crippen molar-refractivity contribution in [1.29, 1.82) is 0 Å². The molecule has 1 unspecified atom stereocenters. The highest BCUT2D eigenvalue weighted by Crippen LogP contribution is 2.43. The van der Waals surface area contributed by atoms with Gasteiger partial charge in [-0.15, -0.1) is 0 Å². The van der Waals surface area contributed by atoms with Crippen LogP contribution >= 0.6 is 0 Å². The topological polar surface area (TPSA) is 0 Å². The number of rotatable bonds is 5. The van der Waals surface area contributed by atoms with E-state index in [1.165, 1.54) is 38.5 Å². The minimum atomic E-state index is 0.879. The van der Waals surface area contributed by atoms with E-state index in [0.29, 0.717) is 0 Å². The van der Waals surface area contributed by atoms with E-state index in [1.807, 2.05) is 5.92 Å². The van der Waals surface area contributed by atoms with Crippen LogP contribution in [0.4, 0.5) is 0 Å². The molecule has 0 aromatic carbocycles. The lowest BCUT2D eigenvalue weighted by molar-refractivity contribution is 0.294. The Balaban J connectivity index is 2.11. The van der Waals surface area contributed by atoms with Crippen molar-refractivity contribution >= 4 is 0 Å². The maximum atomic E-state index is 2.34. The molecule has 1 radical (unpaired) electrons. The molecule has 0 saturated heterocycles. The molecule has 0 nitrogen and oxygen atoms in total. The minimum Gasteiger partial charge on any atom is -0.0654 e. The van der Waals surface area contributed by atoms with E-state index in [0.717, 1.165) is 11.8 Å². The van der Waals surface area contributed by atoms with E-state index in [4.69, 9.17) is 0 Å². The van der Waals surface area contributed by atoms with Gasteiger partial charge < -0.3 is 0 Å². The average molecular weight is 167 g/mol. The van der Waals surface area contributed by atoms with Gasteiger partial charge in [-0.1, -0.05) is 33.6 Å². The standard InChI is InChI=1S/C12H23/c1-4-5-6-11-7-8-12(11)9-10(2)3/h10-11H,4-9H2,1-3H3. The molecule has 1 aliphatic rings. The maximum Gasteiger partial charge on any atom is -0.0207 e. The lowest BCUT2D eigenvalue weighted by Gasteiger charge is -2.37. The highest BCUT2D eigenvalue weighted by atomic mass is 14.3. The Labute approximate surface area is 77.7 Å². The molecule has 1 saturated carbocycles. The highest BCUT2D eigenvalue weighted by molar-refractivity contribution is 5.05. The number of hydrogen-bond acceptors (Lipinski definition) is 0. The van der Waals surface area contributed by atoms with E-state index in [9.17, 15) is 0 Å². The van der Waals surface area contributed by atoms with Crippen LogP contribution in [0, 0.1) is 17.8 Å². The summed E-state index contributed by atoms with van der Waals surface area (Å²) in [5.74, 6) is 3.77. The van der Waals surface area contributed by atoms with E-state index in [2.05, 4.69) is 20.8 Å². The monoisotopic (exact) mass is 167 g/mol. The van der Waals surface area contributed by atoms with E-state index >= 15 is 0 Å². The lowest BCUT2D eigenvalue weighted by atomic mass is 9.68. The first-order chi connectivity index (χ1) is 5.74. The Kier molecular flexibility index (Phi) is 4.11. The summed E-state index contributed by atoms with van der Waals surface area (Å²) in [5.41, 5.74) is 0. The zero-order valence-corrected chi connectivity index (χ0v) is 8.90. The van der Waals surface area contributed by atoms with Gasteiger partial charge in [0.1, 0.15) is 0 Å². The fourth-order valence-corrected chi connectivity index (χ4v) is 2.14. The van der Waals surface area contributed by atoms with E-state index in [-0.39, 0.29) is 0 Å². The summed E-state index contributed by atoms with van der Waals surface area (Å²) in [7, 11) is 0. The van der Waals surface area contributed by atoms with Gasteiger partial charge in [-0.05, 0) is 43.4 Å².